The molecule has 2 N–H and O–H groups in total. The van der Waals surface area contributed by atoms with E-state index in [9.17, 15) is 13.2 Å². The molecule has 1 rings (SSSR count). The lowest BCUT2D eigenvalue weighted by atomic mass is 9.82. The first kappa shape index (κ1) is 15.2. The van der Waals surface area contributed by atoms with Crippen molar-refractivity contribution in [2.45, 2.75) is 25.7 Å². The van der Waals surface area contributed by atoms with Gasteiger partial charge in [0.1, 0.15) is 0 Å². The van der Waals surface area contributed by atoms with Crippen LogP contribution in [0.4, 0.5) is 0 Å². The molecule has 1 aliphatic carbocycles. The summed E-state index contributed by atoms with van der Waals surface area (Å²) in [6.07, 6.45) is 3.90. The number of nitrogens with one attached hydrogen (secondary N) is 1. The summed E-state index contributed by atoms with van der Waals surface area (Å²) in [6, 6.07) is 0. The molecule has 0 aromatic rings. The zero-order chi connectivity index (χ0) is 12.9. The fourth-order valence-corrected chi connectivity index (χ4v) is 3.27. The van der Waals surface area contributed by atoms with Crippen molar-refractivity contribution in [1.29, 1.82) is 0 Å². The van der Waals surface area contributed by atoms with E-state index in [-0.39, 0.29) is 18.4 Å². The van der Waals surface area contributed by atoms with Gasteiger partial charge < -0.3 is 5.32 Å². The number of hydrogen-bond donors (Lipinski definition) is 2. The summed E-state index contributed by atoms with van der Waals surface area (Å²) >= 11 is 2.37. The Kier molecular flexibility index (Phi) is 6.14. The van der Waals surface area contributed by atoms with Gasteiger partial charge in [-0.25, -0.2) is 0 Å². The molecule has 0 radical (unpaired) electrons. The highest BCUT2D eigenvalue weighted by atomic mass is 127. The maximum atomic E-state index is 11.7. The summed E-state index contributed by atoms with van der Waals surface area (Å²) in [7, 11) is -3.98. The fourth-order valence-electron chi connectivity index (χ4n) is 2.03. The molecule has 1 aliphatic rings. The van der Waals surface area contributed by atoms with Crippen LogP contribution in [0.5, 0.6) is 0 Å². The van der Waals surface area contributed by atoms with Gasteiger partial charge in [-0.05, 0) is 31.6 Å². The first-order valence-electron chi connectivity index (χ1n) is 5.71. The molecule has 0 atom stereocenters. The average Bonchev–Trinajstić information content (AvgIpc) is 2.27. The molecule has 0 saturated heterocycles. The van der Waals surface area contributed by atoms with Gasteiger partial charge in [-0.1, -0.05) is 22.6 Å². The molecule has 0 heterocycles. The predicted molar refractivity (Wildman–Crippen MR) is 73.8 cm³/mol. The lowest BCUT2D eigenvalue weighted by molar-refractivity contribution is -0.126. The number of halogens is 1. The van der Waals surface area contributed by atoms with E-state index in [1.54, 1.807) is 0 Å². The average molecular weight is 375 g/mol. The van der Waals surface area contributed by atoms with Crippen LogP contribution in [0, 0.1) is 11.8 Å². The standard InChI is InChI=1S/C10H18INO4S/c11-7-8-1-3-9(4-2-8)10(13)12-5-6-17(14,15)16/h8-9H,1-7H2,(H,12,13)(H,14,15,16). The Bertz CT molecular complexity index is 349. The third kappa shape index (κ3) is 6.01. The van der Waals surface area contributed by atoms with Gasteiger partial charge in [0.25, 0.3) is 10.1 Å². The molecule has 0 aromatic heterocycles. The van der Waals surface area contributed by atoms with Crippen molar-refractivity contribution < 1.29 is 17.8 Å². The Hall–Kier alpha value is 0.110. The van der Waals surface area contributed by atoms with Gasteiger partial charge in [-0.3, -0.25) is 9.35 Å². The van der Waals surface area contributed by atoms with Crippen LogP contribution in [0.1, 0.15) is 25.7 Å². The molecule has 0 aliphatic heterocycles. The molecule has 1 amide bonds. The van der Waals surface area contributed by atoms with Gasteiger partial charge in [0.15, 0.2) is 0 Å². The van der Waals surface area contributed by atoms with Gasteiger partial charge in [-0.2, -0.15) is 8.42 Å². The highest BCUT2D eigenvalue weighted by Crippen LogP contribution is 2.29. The van der Waals surface area contributed by atoms with E-state index in [4.69, 9.17) is 4.55 Å². The smallest absolute Gasteiger partial charge is 0.266 e. The fraction of sp³-hybridized carbons (Fsp3) is 0.900. The second kappa shape index (κ2) is 6.89. The second-order valence-corrected chi connectivity index (χ2v) is 6.90. The van der Waals surface area contributed by atoms with E-state index in [1.807, 2.05) is 0 Å². The largest absolute Gasteiger partial charge is 0.355 e. The molecular weight excluding hydrogens is 357 g/mol. The highest BCUT2D eigenvalue weighted by molar-refractivity contribution is 14.1. The number of amides is 1. The molecule has 100 valence electrons. The van der Waals surface area contributed by atoms with Crippen molar-refractivity contribution >= 4 is 38.6 Å². The van der Waals surface area contributed by atoms with E-state index in [0.717, 1.165) is 36.0 Å². The summed E-state index contributed by atoms with van der Waals surface area (Å²) in [5.74, 6) is 0.232. The molecular formula is C10H18INO4S. The van der Waals surface area contributed by atoms with Crippen LogP contribution in [-0.4, -0.2) is 35.6 Å². The summed E-state index contributed by atoms with van der Waals surface area (Å²) < 4.78 is 30.6. The summed E-state index contributed by atoms with van der Waals surface area (Å²) in [5.41, 5.74) is 0. The van der Waals surface area contributed by atoms with Crippen molar-refractivity contribution in [3.8, 4) is 0 Å². The van der Waals surface area contributed by atoms with E-state index in [0.29, 0.717) is 0 Å². The number of rotatable bonds is 5. The zero-order valence-electron chi connectivity index (χ0n) is 9.56. The van der Waals surface area contributed by atoms with Crippen LogP contribution in [0.15, 0.2) is 0 Å². The van der Waals surface area contributed by atoms with Crippen LogP contribution in [0.3, 0.4) is 0 Å². The predicted octanol–water partition coefficient (Wildman–Crippen LogP) is 1.23. The van der Waals surface area contributed by atoms with E-state index < -0.39 is 15.9 Å². The Labute approximate surface area is 116 Å². The lowest BCUT2D eigenvalue weighted by Crippen LogP contribution is -2.36. The van der Waals surface area contributed by atoms with Crippen LogP contribution >= 0.6 is 22.6 Å². The third-order valence-electron chi connectivity index (χ3n) is 3.10. The maximum absolute atomic E-state index is 11.7. The van der Waals surface area contributed by atoms with Gasteiger partial charge in [0.05, 0.1) is 5.75 Å². The quantitative estimate of drug-likeness (QED) is 0.430. The number of alkyl halides is 1. The first-order chi connectivity index (χ1) is 7.92. The topological polar surface area (TPSA) is 83.5 Å². The molecule has 1 fully saturated rings. The number of carbonyl (C=O) groups is 1. The molecule has 0 unspecified atom stereocenters. The minimum atomic E-state index is -3.98. The monoisotopic (exact) mass is 375 g/mol. The Morgan fingerprint density at radius 3 is 2.35 bits per heavy atom. The summed E-state index contributed by atoms with van der Waals surface area (Å²) in [5, 5.41) is 2.56. The first-order valence-corrected chi connectivity index (χ1v) is 8.84. The summed E-state index contributed by atoms with van der Waals surface area (Å²) in [6.45, 7) is -0.0100. The van der Waals surface area contributed by atoms with Crippen LogP contribution in [-0.2, 0) is 14.9 Å². The van der Waals surface area contributed by atoms with Crippen molar-refractivity contribution in [2.75, 3.05) is 16.7 Å². The van der Waals surface area contributed by atoms with Gasteiger partial charge in [-0.15, -0.1) is 0 Å². The van der Waals surface area contributed by atoms with Crippen LogP contribution in [0.2, 0.25) is 0 Å². The molecule has 0 aromatic carbocycles. The number of hydrogen-bond acceptors (Lipinski definition) is 3. The van der Waals surface area contributed by atoms with E-state index >= 15 is 0 Å². The SMILES string of the molecule is O=C(NCCS(=O)(=O)O)C1CCC(CI)CC1. The van der Waals surface area contributed by atoms with Crippen molar-refractivity contribution in [1.82, 2.24) is 5.32 Å². The van der Waals surface area contributed by atoms with Crippen LogP contribution in [0.25, 0.3) is 0 Å². The zero-order valence-corrected chi connectivity index (χ0v) is 12.5. The van der Waals surface area contributed by atoms with Crippen molar-refractivity contribution in [2.24, 2.45) is 11.8 Å². The van der Waals surface area contributed by atoms with Gasteiger partial charge in [0, 0.05) is 16.9 Å². The van der Waals surface area contributed by atoms with E-state index in [2.05, 4.69) is 27.9 Å². The lowest BCUT2D eigenvalue weighted by Gasteiger charge is -2.26. The molecule has 5 nitrogen and oxygen atoms in total. The molecule has 0 spiro atoms. The Balaban J connectivity index is 2.25. The maximum Gasteiger partial charge on any atom is 0.266 e. The molecule has 1 saturated carbocycles. The third-order valence-corrected chi connectivity index (χ3v) is 5.06. The normalized spacial score (nSPS) is 25.5. The van der Waals surface area contributed by atoms with Crippen molar-refractivity contribution in [3.05, 3.63) is 0 Å². The molecule has 17 heavy (non-hydrogen) atoms. The highest BCUT2D eigenvalue weighted by Gasteiger charge is 2.25. The molecule has 7 heteroatoms. The minimum absolute atomic E-state index is 0.00981. The van der Waals surface area contributed by atoms with E-state index in [1.165, 1.54) is 0 Å². The number of carbonyl (C=O) groups excluding carboxylic acids is 1. The second-order valence-electron chi connectivity index (χ2n) is 4.45. The molecule has 0 bridgehead atoms. The summed E-state index contributed by atoms with van der Waals surface area (Å²) in [4.78, 5) is 11.7. The van der Waals surface area contributed by atoms with Crippen molar-refractivity contribution in [3.63, 3.8) is 0 Å². The van der Waals surface area contributed by atoms with Crippen LogP contribution < -0.4 is 5.32 Å². The Morgan fingerprint density at radius 1 is 1.29 bits per heavy atom. The Morgan fingerprint density at radius 2 is 1.88 bits per heavy atom. The van der Waals surface area contributed by atoms with Gasteiger partial charge in [0.2, 0.25) is 5.91 Å². The minimum Gasteiger partial charge on any atom is -0.355 e. The van der Waals surface area contributed by atoms with Gasteiger partial charge >= 0.3 is 0 Å².